The van der Waals surface area contributed by atoms with Gasteiger partial charge in [0.25, 0.3) is 0 Å². The SMILES string of the molecule is CCCCCCOc1ccc(OCCCCCC)c(CCC(=O)c2cc(OCCCCCC)cc(OCCCCCC)c2OCCCCCC)c1. The summed E-state index contributed by atoms with van der Waals surface area (Å²) in [5.74, 6) is 3.54. The number of hydrogen-bond acceptors (Lipinski definition) is 6. The lowest BCUT2D eigenvalue weighted by atomic mass is 10.0. The van der Waals surface area contributed by atoms with Crippen molar-refractivity contribution in [2.75, 3.05) is 33.0 Å². The molecule has 6 nitrogen and oxygen atoms in total. The van der Waals surface area contributed by atoms with E-state index in [9.17, 15) is 4.79 Å². The molecule has 2 aromatic rings. The average Bonchev–Trinajstić information content (AvgIpc) is 3.14. The lowest BCUT2D eigenvalue weighted by Gasteiger charge is -2.19. The summed E-state index contributed by atoms with van der Waals surface area (Å²) in [4.78, 5) is 14.2. The van der Waals surface area contributed by atoms with Gasteiger partial charge >= 0.3 is 0 Å². The van der Waals surface area contributed by atoms with Crippen molar-refractivity contribution in [3.63, 3.8) is 0 Å². The largest absolute Gasteiger partial charge is 0.494 e. The van der Waals surface area contributed by atoms with Crippen LogP contribution in [-0.2, 0) is 6.42 Å². The van der Waals surface area contributed by atoms with Crippen molar-refractivity contribution in [3.8, 4) is 28.7 Å². The molecule has 0 spiro atoms. The Morgan fingerprint density at radius 1 is 0.451 bits per heavy atom. The summed E-state index contributed by atoms with van der Waals surface area (Å²) in [6.45, 7) is 14.2. The number of benzene rings is 2. The van der Waals surface area contributed by atoms with Gasteiger partial charge in [0.05, 0.1) is 38.6 Å². The van der Waals surface area contributed by atoms with Crippen LogP contribution in [0.15, 0.2) is 30.3 Å². The predicted octanol–water partition coefficient (Wildman–Crippen LogP) is 13.3. The lowest BCUT2D eigenvalue weighted by Crippen LogP contribution is -2.11. The van der Waals surface area contributed by atoms with Crippen LogP contribution in [0.25, 0.3) is 0 Å². The van der Waals surface area contributed by atoms with E-state index >= 15 is 0 Å². The fourth-order valence-corrected chi connectivity index (χ4v) is 6.05. The molecule has 0 N–H and O–H groups in total. The van der Waals surface area contributed by atoms with Gasteiger partial charge in [-0.25, -0.2) is 0 Å². The maximum atomic E-state index is 14.2. The van der Waals surface area contributed by atoms with Gasteiger partial charge in [0.2, 0.25) is 0 Å². The first-order valence-electron chi connectivity index (χ1n) is 21.1. The van der Waals surface area contributed by atoms with Crippen LogP contribution < -0.4 is 23.7 Å². The van der Waals surface area contributed by atoms with Crippen LogP contribution in [0.5, 0.6) is 28.7 Å². The molecule has 2 rings (SSSR count). The Bertz CT molecular complexity index is 1160. The fraction of sp³-hybridized carbons (Fsp3) is 0.711. The molecule has 0 unspecified atom stereocenters. The zero-order valence-corrected chi connectivity index (χ0v) is 33.4. The zero-order chi connectivity index (χ0) is 36.8. The average molecular weight is 711 g/mol. The Labute approximate surface area is 312 Å². The van der Waals surface area contributed by atoms with E-state index in [0.29, 0.717) is 68.7 Å². The summed E-state index contributed by atoms with van der Waals surface area (Å²) < 4.78 is 31.5. The Morgan fingerprint density at radius 3 is 1.41 bits per heavy atom. The van der Waals surface area contributed by atoms with Gasteiger partial charge in [0.1, 0.15) is 17.2 Å². The van der Waals surface area contributed by atoms with Crippen molar-refractivity contribution < 1.29 is 28.5 Å². The number of unbranched alkanes of at least 4 members (excludes halogenated alkanes) is 15. The van der Waals surface area contributed by atoms with Crippen molar-refractivity contribution >= 4 is 5.78 Å². The monoisotopic (exact) mass is 711 g/mol. The fourth-order valence-electron chi connectivity index (χ4n) is 6.05. The molecule has 0 amide bonds. The highest BCUT2D eigenvalue weighted by molar-refractivity contribution is 6.00. The molecular weight excluding hydrogens is 636 g/mol. The molecule has 0 radical (unpaired) electrons. The zero-order valence-electron chi connectivity index (χ0n) is 33.4. The Morgan fingerprint density at radius 2 is 0.902 bits per heavy atom. The molecule has 0 aliphatic heterocycles. The van der Waals surface area contributed by atoms with Crippen molar-refractivity contribution in [3.05, 3.63) is 41.5 Å². The lowest BCUT2D eigenvalue weighted by molar-refractivity contribution is 0.0976. The number of aryl methyl sites for hydroxylation is 1. The second kappa shape index (κ2) is 29.7. The minimum Gasteiger partial charge on any atom is -0.494 e. The molecule has 0 fully saturated rings. The molecule has 0 bridgehead atoms. The Hall–Kier alpha value is -2.89. The maximum absolute atomic E-state index is 14.2. The number of ether oxygens (including phenoxy) is 5. The van der Waals surface area contributed by atoms with Gasteiger partial charge in [-0.2, -0.15) is 0 Å². The first kappa shape index (κ1) is 44.3. The van der Waals surface area contributed by atoms with E-state index in [0.717, 1.165) is 81.3 Å². The molecule has 2 aromatic carbocycles. The van der Waals surface area contributed by atoms with Gasteiger partial charge in [-0.15, -0.1) is 0 Å². The molecular formula is C45H74O6. The van der Waals surface area contributed by atoms with Crippen molar-refractivity contribution in [1.82, 2.24) is 0 Å². The third-order valence-corrected chi connectivity index (χ3v) is 9.27. The topological polar surface area (TPSA) is 63.2 Å². The van der Waals surface area contributed by atoms with Crippen LogP contribution in [-0.4, -0.2) is 38.8 Å². The van der Waals surface area contributed by atoms with Gasteiger partial charge in [-0.05, 0) is 68.4 Å². The second-order valence-electron chi connectivity index (χ2n) is 14.0. The minimum atomic E-state index is 0.0191. The second-order valence-corrected chi connectivity index (χ2v) is 14.0. The number of rotatable bonds is 34. The summed E-state index contributed by atoms with van der Waals surface area (Å²) in [6.07, 6.45) is 23.4. The maximum Gasteiger partial charge on any atom is 0.172 e. The number of carbonyl (C=O) groups excluding carboxylic acids is 1. The third-order valence-electron chi connectivity index (χ3n) is 9.27. The highest BCUT2D eigenvalue weighted by atomic mass is 16.5. The highest BCUT2D eigenvalue weighted by Crippen LogP contribution is 2.38. The van der Waals surface area contributed by atoms with Crippen molar-refractivity contribution in [2.24, 2.45) is 0 Å². The molecule has 0 aliphatic carbocycles. The molecule has 0 aromatic heterocycles. The number of ketones is 1. The van der Waals surface area contributed by atoms with Gasteiger partial charge in [-0.1, -0.05) is 131 Å². The van der Waals surface area contributed by atoms with Crippen molar-refractivity contribution in [1.29, 1.82) is 0 Å². The molecule has 0 saturated heterocycles. The quantitative estimate of drug-likeness (QED) is 0.0532. The van der Waals surface area contributed by atoms with Gasteiger partial charge in [0, 0.05) is 12.5 Å². The summed E-state index contributed by atoms with van der Waals surface area (Å²) >= 11 is 0. The van der Waals surface area contributed by atoms with Crippen LogP contribution in [0.4, 0.5) is 0 Å². The van der Waals surface area contributed by atoms with E-state index in [1.54, 1.807) is 0 Å². The molecule has 6 heteroatoms. The van der Waals surface area contributed by atoms with E-state index in [2.05, 4.69) is 40.7 Å². The molecule has 0 heterocycles. The van der Waals surface area contributed by atoms with E-state index in [-0.39, 0.29) is 5.78 Å². The Balaban J connectivity index is 2.34. The molecule has 0 saturated carbocycles. The van der Waals surface area contributed by atoms with Crippen LogP contribution in [0.2, 0.25) is 0 Å². The van der Waals surface area contributed by atoms with Crippen LogP contribution in [0.1, 0.15) is 185 Å². The van der Waals surface area contributed by atoms with E-state index in [1.165, 1.54) is 64.2 Å². The van der Waals surface area contributed by atoms with Crippen LogP contribution in [0, 0.1) is 0 Å². The number of hydrogen-bond donors (Lipinski definition) is 0. The molecule has 0 atom stereocenters. The van der Waals surface area contributed by atoms with E-state index in [4.69, 9.17) is 23.7 Å². The van der Waals surface area contributed by atoms with E-state index in [1.807, 2.05) is 24.3 Å². The third kappa shape index (κ3) is 19.5. The van der Waals surface area contributed by atoms with E-state index < -0.39 is 0 Å². The van der Waals surface area contributed by atoms with Gasteiger partial charge in [0.15, 0.2) is 17.3 Å². The van der Waals surface area contributed by atoms with Crippen LogP contribution >= 0.6 is 0 Å². The smallest absolute Gasteiger partial charge is 0.172 e. The molecule has 290 valence electrons. The van der Waals surface area contributed by atoms with Gasteiger partial charge in [-0.3, -0.25) is 4.79 Å². The summed E-state index contributed by atoms with van der Waals surface area (Å²) in [5, 5.41) is 0. The summed E-state index contributed by atoms with van der Waals surface area (Å²) in [6, 6.07) is 9.91. The van der Waals surface area contributed by atoms with Crippen LogP contribution in [0.3, 0.4) is 0 Å². The Kier molecular flexibility index (Phi) is 25.7. The minimum absolute atomic E-state index is 0.0191. The first-order valence-corrected chi connectivity index (χ1v) is 21.1. The summed E-state index contributed by atoms with van der Waals surface area (Å²) in [7, 11) is 0. The molecule has 0 aliphatic rings. The number of carbonyl (C=O) groups is 1. The molecule has 51 heavy (non-hydrogen) atoms. The number of Topliss-reactive ketones (excluding diaryl/α,β-unsaturated/α-hetero) is 1. The normalized spacial score (nSPS) is 11.1. The summed E-state index contributed by atoms with van der Waals surface area (Å²) in [5.41, 5.74) is 1.55. The first-order chi connectivity index (χ1) is 25.1. The van der Waals surface area contributed by atoms with Crippen molar-refractivity contribution in [2.45, 2.75) is 176 Å². The van der Waals surface area contributed by atoms with Gasteiger partial charge < -0.3 is 23.7 Å². The predicted molar refractivity (Wildman–Crippen MR) is 214 cm³/mol. The standard InChI is InChI=1S/C45H74O6/c1-6-11-16-21-30-47-39-27-29-43(49-32-23-18-13-8-3)38(35-39)26-28-42(46)41-36-40(48-31-22-17-12-7-2)37-44(50-33-24-19-14-9-4)45(41)51-34-25-20-15-10-5/h27,29,35-37H,6-26,28,30-34H2,1-5H3. The highest BCUT2D eigenvalue weighted by Gasteiger charge is 2.21.